The maximum atomic E-state index is 3.60. The molecule has 0 aromatic heterocycles. The van der Waals surface area contributed by atoms with Gasteiger partial charge in [0.1, 0.15) is 0 Å². The van der Waals surface area contributed by atoms with Gasteiger partial charge in [-0.25, -0.2) is 0 Å². The summed E-state index contributed by atoms with van der Waals surface area (Å²) in [6, 6.07) is 7.52. The molecular weight excluding hydrogens is 276 g/mol. The molecule has 3 heteroatoms. The largest absolute Gasteiger partial charge is 0.369 e. The van der Waals surface area contributed by atoms with Crippen molar-refractivity contribution in [1.29, 1.82) is 0 Å². The number of aryl methyl sites for hydroxylation is 1. The highest BCUT2D eigenvalue weighted by atomic mass is 79.9. The van der Waals surface area contributed by atoms with Gasteiger partial charge in [0.25, 0.3) is 0 Å². The van der Waals surface area contributed by atoms with Crippen LogP contribution in [-0.2, 0) is 0 Å². The molecule has 0 amide bonds. The van der Waals surface area contributed by atoms with Crippen LogP contribution in [0.5, 0.6) is 0 Å². The van der Waals surface area contributed by atoms with Crippen molar-refractivity contribution in [2.75, 3.05) is 31.1 Å². The van der Waals surface area contributed by atoms with Gasteiger partial charge in [0.05, 0.1) is 0 Å². The van der Waals surface area contributed by atoms with Crippen LogP contribution >= 0.6 is 15.9 Å². The Kier molecular flexibility index (Phi) is 3.14. The van der Waals surface area contributed by atoms with Crippen molar-refractivity contribution in [1.82, 2.24) is 4.90 Å². The van der Waals surface area contributed by atoms with Crippen molar-refractivity contribution in [3.05, 3.63) is 28.2 Å². The second-order valence-corrected chi connectivity index (χ2v) is 6.18. The summed E-state index contributed by atoms with van der Waals surface area (Å²) in [7, 11) is 0. The van der Waals surface area contributed by atoms with Gasteiger partial charge in [-0.1, -0.05) is 15.9 Å². The van der Waals surface area contributed by atoms with Gasteiger partial charge in [-0.15, -0.1) is 0 Å². The van der Waals surface area contributed by atoms with Crippen LogP contribution in [0.25, 0.3) is 0 Å². The number of anilines is 1. The van der Waals surface area contributed by atoms with E-state index < -0.39 is 0 Å². The van der Waals surface area contributed by atoms with E-state index in [1.165, 1.54) is 54.7 Å². The van der Waals surface area contributed by atoms with E-state index >= 15 is 0 Å². The second kappa shape index (κ2) is 4.62. The number of piperazine rings is 1. The van der Waals surface area contributed by atoms with Crippen molar-refractivity contribution in [2.45, 2.75) is 25.8 Å². The minimum atomic E-state index is 0.794. The molecule has 0 spiro atoms. The Bertz CT molecular complexity index is 398. The third-order valence-corrected chi connectivity index (χ3v) is 4.44. The highest BCUT2D eigenvalue weighted by Crippen LogP contribution is 2.28. The molecule has 1 aromatic carbocycles. The molecule has 17 heavy (non-hydrogen) atoms. The first kappa shape index (κ1) is 11.5. The average Bonchev–Trinajstić information content (AvgIpc) is 2.74. The summed E-state index contributed by atoms with van der Waals surface area (Å²) >= 11 is 3.60. The number of benzene rings is 1. The van der Waals surface area contributed by atoms with Gasteiger partial charge in [0.2, 0.25) is 0 Å². The third kappa shape index (κ3) is 2.36. The lowest BCUT2D eigenvalue weighted by Crippen LogP contribution is -2.50. The normalized spacial score (nSPS) is 25.1. The number of rotatable bonds is 1. The van der Waals surface area contributed by atoms with E-state index in [9.17, 15) is 0 Å². The van der Waals surface area contributed by atoms with E-state index in [-0.39, 0.29) is 0 Å². The molecule has 0 N–H and O–H groups in total. The number of hydrogen-bond donors (Lipinski definition) is 0. The highest BCUT2D eigenvalue weighted by Gasteiger charge is 2.30. The molecule has 0 radical (unpaired) electrons. The lowest BCUT2D eigenvalue weighted by atomic mass is 10.1. The molecule has 2 aliphatic heterocycles. The molecule has 2 fully saturated rings. The third-order valence-electron chi connectivity index (χ3n) is 3.98. The number of fused-ring (bicyclic) bond motifs is 1. The Morgan fingerprint density at radius 3 is 2.88 bits per heavy atom. The van der Waals surface area contributed by atoms with Crippen LogP contribution in [0, 0.1) is 6.92 Å². The molecule has 0 saturated carbocycles. The minimum Gasteiger partial charge on any atom is -0.369 e. The molecule has 2 nitrogen and oxygen atoms in total. The Hall–Kier alpha value is -0.540. The summed E-state index contributed by atoms with van der Waals surface area (Å²) in [5, 5.41) is 0. The van der Waals surface area contributed by atoms with Crippen LogP contribution in [0.1, 0.15) is 18.4 Å². The molecule has 0 aliphatic carbocycles. The summed E-state index contributed by atoms with van der Waals surface area (Å²) in [4.78, 5) is 5.20. The van der Waals surface area contributed by atoms with Gasteiger partial charge < -0.3 is 4.90 Å². The van der Waals surface area contributed by atoms with Crippen molar-refractivity contribution in [3.63, 3.8) is 0 Å². The lowest BCUT2D eigenvalue weighted by molar-refractivity contribution is 0.231. The Labute approximate surface area is 112 Å². The number of nitrogens with zero attached hydrogens (tertiary/aromatic N) is 2. The molecule has 0 bridgehead atoms. The highest BCUT2D eigenvalue weighted by molar-refractivity contribution is 9.10. The molecule has 3 rings (SSSR count). The maximum absolute atomic E-state index is 3.60. The van der Waals surface area contributed by atoms with Gasteiger partial charge in [-0.3, -0.25) is 4.90 Å². The Morgan fingerprint density at radius 2 is 2.06 bits per heavy atom. The van der Waals surface area contributed by atoms with E-state index in [0.717, 1.165) is 6.04 Å². The Morgan fingerprint density at radius 1 is 1.18 bits per heavy atom. The maximum Gasteiger partial charge on any atom is 0.0381 e. The second-order valence-electron chi connectivity index (χ2n) is 5.26. The van der Waals surface area contributed by atoms with Crippen LogP contribution < -0.4 is 4.90 Å². The standard InChI is InChI=1S/C14H19BrN2/c1-11-7-12(15)9-14(8-11)17-6-5-16-4-2-3-13(16)10-17/h7-9,13H,2-6,10H2,1H3. The fraction of sp³-hybridized carbons (Fsp3) is 0.571. The van der Waals surface area contributed by atoms with Crippen molar-refractivity contribution in [3.8, 4) is 0 Å². The van der Waals surface area contributed by atoms with E-state index in [1.54, 1.807) is 0 Å². The number of halogens is 1. The van der Waals surface area contributed by atoms with Crippen LogP contribution in [0.2, 0.25) is 0 Å². The van der Waals surface area contributed by atoms with Crippen molar-refractivity contribution < 1.29 is 0 Å². The molecule has 2 saturated heterocycles. The summed E-state index contributed by atoms with van der Waals surface area (Å²) in [5.41, 5.74) is 2.71. The molecule has 1 atom stereocenters. The van der Waals surface area contributed by atoms with Gasteiger partial charge in [-0.2, -0.15) is 0 Å². The first-order valence-corrected chi connectivity index (χ1v) is 7.28. The fourth-order valence-corrected chi connectivity index (χ4v) is 3.72. The predicted molar refractivity (Wildman–Crippen MR) is 75.7 cm³/mol. The van der Waals surface area contributed by atoms with Gasteiger partial charge in [0.15, 0.2) is 0 Å². The van der Waals surface area contributed by atoms with Gasteiger partial charge in [-0.05, 0) is 50.1 Å². The Balaban J connectivity index is 1.80. The van der Waals surface area contributed by atoms with E-state index in [4.69, 9.17) is 0 Å². The van der Waals surface area contributed by atoms with E-state index in [1.807, 2.05) is 0 Å². The first-order chi connectivity index (χ1) is 8.22. The average molecular weight is 295 g/mol. The lowest BCUT2D eigenvalue weighted by Gasteiger charge is -2.39. The van der Waals surface area contributed by atoms with Crippen LogP contribution in [0.15, 0.2) is 22.7 Å². The van der Waals surface area contributed by atoms with E-state index in [0.29, 0.717) is 0 Å². The zero-order valence-corrected chi connectivity index (χ0v) is 11.9. The summed E-state index contributed by atoms with van der Waals surface area (Å²) in [6.07, 6.45) is 2.76. The van der Waals surface area contributed by atoms with Crippen LogP contribution in [-0.4, -0.2) is 37.1 Å². The SMILES string of the molecule is Cc1cc(Br)cc(N2CCN3CCCC3C2)c1. The summed E-state index contributed by atoms with van der Waals surface area (Å²) in [6.45, 7) is 7.09. The van der Waals surface area contributed by atoms with Crippen LogP contribution in [0.3, 0.4) is 0 Å². The van der Waals surface area contributed by atoms with Gasteiger partial charge in [0, 0.05) is 35.8 Å². The van der Waals surface area contributed by atoms with E-state index in [2.05, 4.69) is 50.9 Å². The minimum absolute atomic E-state index is 0.794. The summed E-state index contributed by atoms with van der Waals surface area (Å²) < 4.78 is 1.20. The molecule has 1 aromatic rings. The first-order valence-electron chi connectivity index (χ1n) is 6.48. The predicted octanol–water partition coefficient (Wildman–Crippen LogP) is 3.04. The van der Waals surface area contributed by atoms with Crippen molar-refractivity contribution >= 4 is 21.6 Å². The summed E-state index contributed by atoms with van der Waals surface area (Å²) in [5.74, 6) is 0. The van der Waals surface area contributed by atoms with Gasteiger partial charge >= 0.3 is 0 Å². The fourth-order valence-electron chi connectivity index (χ4n) is 3.13. The molecule has 2 aliphatic rings. The molecule has 1 unspecified atom stereocenters. The quantitative estimate of drug-likeness (QED) is 0.786. The molecular formula is C14H19BrN2. The molecule has 92 valence electrons. The number of hydrogen-bond acceptors (Lipinski definition) is 2. The topological polar surface area (TPSA) is 6.48 Å². The van der Waals surface area contributed by atoms with Crippen molar-refractivity contribution in [2.24, 2.45) is 0 Å². The smallest absolute Gasteiger partial charge is 0.0381 e. The monoisotopic (exact) mass is 294 g/mol. The zero-order valence-electron chi connectivity index (χ0n) is 10.3. The zero-order chi connectivity index (χ0) is 11.8. The molecule has 2 heterocycles. The van der Waals surface area contributed by atoms with Crippen LogP contribution in [0.4, 0.5) is 5.69 Å².